The van der Waals surface area contributed by atoms with Crippen LogP contribution in [0.25, 0.3) is 11.2 Å². The van der Waals surface area contributed by atoms with Gasteiger partial charge in [-0.2, -0.15) is 4.98 Å². The van der Waals surface area contributed by atoms with Gasteiger partial charge in [-0.1, -0.05) is 18.2 Å². The quantitative estimate of drug-likeness (QED) is 0.472. The summed E-state index contributed by atoms with van der Waals surface area (Å²) in [6.45, 7) is 3.96. The molecule has 3 aromatic rings. The zero-order valence-electron chi connectivity index (χ0n) is 16.2. The predicted molar refractivity (Wildman–Crippen MR) is 106 cm³/mol. The van der Waals surface area contributed by atoms with Gasteiger partial charge in [-0.3, -0.25) is 18.9 Å². The molecule has 0 atom stereocenters. The lowest BCUT2D eigenvalue weighted by Crippen LogP contribution is -3.15. The van der Waals surface area contributed by atoms with Crippen LogP contribution in [0.3, 0.4) is 0 Å². The minimum atomic E-state index is -0.540. The van der Waals surface area contributed by atoms with Crippen LogP contribution in [0.1, 0.15) is 5.56 Å². The van der Waals surface area contributed by atoms with Gasteiger partial charge in [0.2, 0.25) is 5.95 Å². The van der Waals surface area contributed by atoms with Crippen LogP contribution in [0.4, 0.5) is 10.3 Å². The minimum absolute atomic E-state index is 0.128. The van der Waals surface area contributed by atoms with Crippen LogP contribution >= 0.6 is 0 Å². The molecule has 0 aliphatic carbocycles. The molecule has 0 amide bonds. The number of fused-ring (bicyclic) bond motifs is 1. The van der Waals surface area contributed by atoms with Gasteiger partial charge in [0, 0.05) is 12.6 Å². The minimum Gasteiger partial charge on any atom is -0.391 e. The third-order valence-corrected chi connectivity index (χ3v) is 5.49. The Labute approximate surface area is 165 Å². The summed E-state index contributed by atoms with van der Waals surface area (Å²) < 4.78 is 17.3. The molecule has 3 N–H and O–H groups in total. The number of hydrogen-bond acceptors (Lipinski definition) is 5. The molecule has 4 rings (SSSR count). The van der Waals surface area contributed by atoms with Gasteiger partial charge in [-0.15, -0.1) is 0 Å². The van der Waals surface area contributed by atoms with Gasteiger partial charge in [0.05, 0.1) is 39.3 Å². The molecule has 0 radical (unpaired) electrons. The van der Waals surface area contributed by atoms with Crippen molar-refractivity contribution in [2.45, 2.75) is 6.54 Å². The maximum absolute atomic E-state index is 14.3. The number of aliphatic hydroxyl groups excluding tert-OH is 1. The third kappa shape index (κ3) is 3.56. The molecule has 0 unspecified atom stereocenters. The Bertz CT molecular complexity index is 1140. The van der Waals surface area contributed by atoms with Crippen LogP contribution in [0.15, 0.2) is 33.9 Å². The molecule has 1 aliphatic rings. The molecule has 2 aromatic heterocycles. The second-order valence-electron chi connectivity index (χ2n) is 7.29. The third-order valence-electron chi connectivity index (χ3n) is 5.49. The SMILES string of the molecule is Cn1c(=O)[nH]c(=O)c2c1nc(N1CC[NH+](CCO)CC1)n2Cc1ccccc1F. The Hall–Kier alpha value is -2.98. The maximum atomic E-state index is 14.3. The maximum Gasteiger partial charge on any atom is 0.329 e. The largest absolute Gasteiger partial charge is 0.391 e. The first kappa shape index (κ1) is 19.3. The van der Waals surface area contributed by atoms with Gasteiger partial charge in [0.1, 0.15) is 12.4 Å². The summed E-state index contributed by atoms with van der Waals surface area (Å²) in [5.74, 6) is 0.178. The van der Waals surface area contributed by atoms with Crippen molar-refractivity contribution in [3.63, 3.8) is 0 Å². The fourth-order valence-corrected chi connectivity index (χ4v) is 3.84. The van der Waals surface area contributed by atoms with E-state index in [1.807, 2.05) is 4.90 Å². The van der Waals surface area contributed by atoms with E-state index in [0.717, 1.165) is 13.1 Å². The highest BCUT2D eigenvalue weighted by Crippen LogP contribution is 2.22. The van der Waals surface area contributed by atoms with E-state index < -0.39 is 11.2 Å². The molecule has 0 bridgehead atoms. The van der Waals surface area contributed by atoms with E-state index in [1.54, 1.807) is 29.8 Å². The number of aliphatic hydroxyl groups is 1. The number of halogens is 1. The van der Waals surface area contributed by atoms with Crippen molar-refractivity contribution in [1.82, 2.24) is 19.1 Å². The number of imidazole rings is 1. The van der Waals surface area contributed by atoms with Crippen molar-refractivity contribution in [2.75, 3.05) is 44.2 Å². The van der Waals surface area contributed by atoms with E-state index in [-0.39, 0.29) is 30.1 Å². The molecular formula is C19H24FN6O3+. The first-order valence-electron chi connectivity index (χ1n) is 9.62. The predicted octanol–water partition coefficient (Wildman–Crippen LogP) is -1.69. The monoisotopic (exact) mass is 403 g/mol. The second kappa shape index (κ2) is 7.80. The summed E-state index contributed by atoms with van der Waals surface area (Å²) >= 11 is 0. The van der Waals surface area contributed by atoms with Crippen molar-refractivity contribution in [3.8, 4) is 0 Å². The van der Waals surface area contributed by atoms with Crippen LogP contribution in [0, 0.1) is 5.82 Å². The molecule has 1 saturated heterocycles. The highest BCUT2D eigenvalue weighted by atomic mass is 19.1. The Morgan fingerprint density at radius 3 is 2.66 bits per heavy atom. The standard InChI is InChI=1S/C19H23FN6O3/c1-23-16-15(17(28)22-19(23)29)26(12-13-4-2-3-5-14(13)20)18(21-16)25-8-6-24(7-9-25)10-11-27/h2-5,27H,6-12H2,1H3,(H,22,28,29)/p+1. The van der Waals surface area contributed by atoms with Crippen LogP contribution in [0.5, 0.6) is 0 Å². The van der Waals surface area contributed by atoms with Gasteiger partial charge < -0.3 is 14.9 Å². The molecule has 1 fully saturated rings. The number of aromatic amines is 1. The highest BCUT2D eigenvalue weighted by molar-refractivity contribution is 5.74. The first-order valence-corrected chi connectivity index (χ1v) is 9.62. The summed E-state index contributed by atoms with van der Waals surface area (Å²) in [7, 11) is 1.55. The first-order chi connectivity index (χ1) is 14.0. The van der Waals surface area contributed by atoms with Gasteiger partial charge in [0.15, 0.2) is 11.2 Å². The fourth-order valence-electron chi connectivity index (χ4n) is 3.84. The van der Waals surface area contributed by atoms with Crippen molar-refractivity contribution < 1.29 is 14.4 Å². The molecule has 1 aromatic carbocycles. The van der Waals surface area contributed by atoms with Gasteiger partial charge >= 0.3 is 5.69 Å². The van der Waals surface area contributed by atoms with Crippen molar-refractivity contribution in [1.29, 1.82) is 0 Å². The number of piperazine rings is 1. The second-order valence-corrected chi connectivity index (χ2v) is 7.29. The molecular weight excluding hydrogens is 379 g/mol. The Morgan fingerprint density at radius 1 is 1.24 bits per heavy atom. The van der Waals surface area contributed by atoms with Gasteiger partial charge in [0.25, 0.3) is 5.56 Å². The number of quaternary nitrogens is 1. The molecule has 29 heavy (non-hydrogen) atoms. The Kier molecular flexibility index (Phi) is 5.20. The molecule has 9 nitrogen and oxygen atoms in total. The van der Waals surface area contributed by atoms with E-state index in [9.17, 15) is 14.0 Å². The van der Waals surface area contributed by atoms with Gasteiger partial charge in [-0.25, -0.2) is 9.18 Å². The molecule has 1 aliphatic heterocycles. The number of nitrogens with one attached hydrogen (secondary N) is 2. The van der Waals surface area contributed by atoms with Crippen molar-refractivity contribution in [3.05, 3.63) is 56.5 Å². The Morgan fingerprint density at radius 2 is 1.97 bits per heavy atom. The van der Waals surface area contributed by atoms with Gasteiger partial charge in [-0.05, 0) is 6.07 Å². The number of aromatic nitrogens is 4. The lowest BCUT2D eigenvalue weighted by molar-refractivity contribution is -0.900. The van der Waals surface area contributed by atoms with Crippen molar-refractivity contribution >= 4 is 17.1 Å². The van der Waals surface area contributed by atoms with E-state index in [0.29, 0.717) is 31.1 Å². The number of aryl methyl sites for hydroxylation is 1. The smallest absolute Gasteiger partial charge is 0.329 e. The summed E-state index contributed by atoms with van der Waals surface area (Å²) in [5.41, 5.74) is -0.124. The number of hydrogen-bond donors (Lipinski definition) is 3. The lowest BCUT2D eigenvalue weighted by Gasteiger charge is -2.32. The van der Waals surface area contributed by atoms with E-state index in [2.05, 4.69) is 9.97 Å². The normalized spacial score (nSPS) is 15.3. The number of nitrogens with zero attached hydrogens (tertiary/aromatic N) is 4. The molecule has 0 spiro atoms. The van der Waals surface area contributed by atoms with Crippen LogP contribution < -0.4 is 21.0 Å². The molecule has 10 heteroatoms. The summed E-state index contributed by atoms with van der Waals surface area (Å²) in [6, 6.07) is 6.41. The molecule has 154 valence electrons. The summed E-state index contributed by atoms with van der Waals surface area (Å²) in [6.07, 6.45) is 0. The van der Waals surface area contributed by atoms with Crippen LogP contribution in [-0.2, 0) is 13.6 Å². The number of benzene rings is 1. The summed E-state index contributed by atoms with van der Waals surface area (Å²) in [5, 5.41) is 9.16. The zero-order valence-corrected chi connectivity index (χ0v) is 16.2. The number of H-pyrrole nitrogens is 1. The van der Waals surface area contributed by atoms with E-state index in [1.165, 1.54) is 15.5 Å². The average molecular weight is 403 g/mol. The average Bonchev–Trinajstić information content (AvgIpc) is 3.09. The van der Waals surface area contributed by atoms with E-state index in [4.69, 9.17) is 5.11 Å². The Balaban J connectivity index is 1.82. The topological polar surface area (TPSA) is 101 Å². The highest BCUT2D eigenvalue weighted by Gasteiger charge is 2.26. The summed E-state index contributed by atoms with van der Waals surface area (Å²) in [4.78, 5) is 34.9. The zero-order chi connectivity index (χ0) is 20.5. The number of anilines is 1. The molecule has 3 heterocycles. The fraction of sp³-hybridized carbons (Fsp3) is 0.421. The van der Waals surface area contributed by atoms with Crippen LogP contribution in [0.2, 0.25) is 0 Å². The lowest BCUT2D eigenvalue weighted by atomic mass is 10.2. The van der Waals surface area contributed by atoms with Crippen LogP contribution in [-0.4, -0.2) is 63.5 Å². The molecule has 0 saturated carbocycles. The van der Waals surface area contributed by atoms with E-state index >= 15 is 0 Å². The van der Waals surface area contributed by atoms with Crippen molar-refractivity contribution in [2.24, 2.45) is 7.05 Å². The number of rotatable bonds is 5.